The van der Waals surface area contributed by atoms with Crippen LogP contribution >= 0.6 is 23.5 Å². The lowest BCUT2D eigenvalue weighted by Gasteiger charge is -2.13. The van der Waals surface area contributed by atoms with Crippen LogP contribution < -0.4 is 11.1 Å². The van der Waals surface area contributed by atoms with Gasteiger partial charge in [0.15, 0.2) is 0 Å². The highest BCUT2D eigenvalue weighted by molar-refractivity contribution is 8.01. The summed E-state index contributed by atoms with van der Waals surface area (Å²) in [5.74, 6) is -0.201. The number of hydrogen-bond acceptors (Lipinski definition) is 4. The van der Waals surface area contributed by atoms with Gasteiger partial charge in [0.05, 0.1) is 16.7 Å². The number of thioether (sulfide) groups is 2. The standard InChI is InChI=1S/C17H16N2O2S2/c18-16(20)10-22-14-8-4-2-6-12(14)19-17(21)15-9-11-5-1-3-7-13(11)23-15/h1-8,15H,9-10H2,(H2,18,20)(H,19,21). The maximum atomic E-state index is 12.5. The van der Waals surface area contributed by atoms with Crippen molar-refractivity contribution in [1.29, 1.82) is 0 Å². The van der Waals surface area contributed by atoms with E-state index in [1.165, 1.54) is 22.2 Å². The molecule has 2 amide bonds. The minimum absolute atomic E-state index is 0.0154. The van der Waals surface area contributed by atoms with Crippen molar-refractivity contribution in [2.75, 3.05) is 11.1 Å². The number of benzene rings is 2. The van der Waals surface area contributed by atoms with E-state index < -0.39 is 0 Å². The van der Waals surface area contributed by atoms with E-state index in [9.17, 15) is 9.59 Å². The molecule has 0 bridgehead atoms. The molecule has 2 aromatic carbocycles. The van der Waals surface area contributed by atoms with Gasteiger partial charge < -0.3 is 11.1 Å². The van der Waals surface area contributed by atoms with E-state index in [-0.39, 0.29) is 22.8 Å². The van der Waals surface area contributed by atoms with Crippen molar-refractivity contribution < 1.29 is 9.59 Å². The summed E-state index contributed by atoms with van der Waals surface area (Å²) in [5.41, 5.74) is 7.13. The third-order valence-electron chi connectivity index (χ3n) is 3.45. The molecule has 0 aromatic heterocycles. The van der Waals surface area contributed by atoms with Crippen LogP contribution in [0.2, 0.25) is 0 Å². The normalized spacial score (nSPS) is 15.9. The summed E-state index contributed by atoms with van der Waals surface area (Å²) >= 11 is 2.93. The van der Waals surface area contributed by atoms with Gasteiger partial charge in [-0.25, -0.2) is 0 Å². The van der Waals surface area contributed by atoms with Crippen molar-refractivity contribution >= 4 is 41.0 Å². The molecular formula is C17H16N2O2S2. The third kappa shape index (κ3) is 3.89. The third-order valence-corrected chi connectivity index (χ3v) is 5.87. The fourth-order valence-electron chi connectivity index (χ4n) is 2.39. The van der Waals surface area contributed by atoms with Crippen molar-refractivity contribution in [3.8, 4) is 0 Å². The highest BCUT2D eigenvalue weighted by atomic mass is 32.2. The number of anilines is 1. The molecule has 6 heteroatoms. The smallest absolute Gasteiger partial charge is 0.238 e. The Balaban J connectivity index is 1.68. The maximum Gasteiger partial charge on any atom is 0.238 e. The van der Waals surface area contributed by atoms with Crippen molar-refractivity contribution in [2.24, 2.45) is 5.73 Å². The molecule has 0 saturated heterocycles. The highest BCUT2D eigenvalue weighted by Crippen LogP contribution is 2.37. The summed E-state index contributed by atoms with van der Waals surface area (Å²) in [4.78, 5) is 25.5. The van der Waals surface area contributed by atoms with Gasteiger partial charge in [0.2, 0.25) is 11.8 Å². The van der Waals surface area contributed by atoms with Gasteiger partial charge in [-0.05, 0) is 30.2 Å². The van der Waals surface area contributed by atoms with E-state index in [1.807, 2.05) is 42.5 Å². The lowest BCUT2D eigenvalue weighted by Crippen LogP contribution is -2.25. The number of nitrogens with one attached hydrogen (secondary N) is 1. The van der Waals surface area contributed by atoms with Gasteiger partial charge in [-0.15, -0.1) is 23.5 Å². The second kappa shape index (κ2) is 7.10. The SMILES string of the molecule is NC(=O)CSc1ccccc1NC(=O)C1Cc2ccccc2S1. The maximum absolute atomic E-state index is 12.5. The molecule has 1 aliphatic heterocycles. The van der Waals surface area contributed by atoms with E-state index in [2.05, 4.69) is 11.4 Å². The predicted octanol–water partition coefficient (Wildman–Crippen LogP) is 2.92. The van der Waals surface area contributed by atoms with Gasteiger partial charge in [0.25, 0.3) is 0 Å². The first kappa shape index (κ1) is 16.0. The van der Waals surface area contributed by atoms with Gasteiger partial charge >= 0.3 is 0 Å². The number of amides is 2. The van der Waals surface area contributed by atoms with Crippen molar-refractivity contribution in [2.45, 2.75) is 21.5 Å². The summed E-state index contributed by atoms with van der Waals surface area (Å²) in [6, 6.07) is 15.5. The van der Waals surface area contributed by atoms with Crippen LogP contribution in [0.1, 0.15) is 5.56 Å². The molecule has 3 N–H and O–H groups in total. The van der Waals surface area contributed by atoms with Gasteiger partial charge in [-0.1, -0.05) is 30.3 Å². The predicted molar refractivity (Wildman–Crippen MR) is 94.8 cm³/mol. The zero-order valence-corrected chi connectivity index (χ0v) is 14.0. The van der Waals surface area contributed by atoms with E-state index in [4.69, 9.17) is 5.73 Å². The first-order valence-electron chi connectivity index (χ1n) is 7.19. The Morgan fingerprint density at radius 2 is 1.91 bits per heavy atom. The van der Waals surface area contributed by atoms with Crippen LogP contribution in [0.4, 0.5) is 5.69 Å². The van der Waals surface area contributed by atoms with Crippen molar-refractivity contribution in [1.82, 2.24) is 0 Å². The number of rotatable bonds is 5. The molecule has 1 heterocycles. The number of primary amides is 1. The number of nitrogens with two attached hydrogens (primary N) is 1. The molecule has 0 aliphatic carbocycles. The zero-order valence-electron chi connectivity index (χ0n) is 12.3. The van der Waals surface area contributed by atoms with E-state index in [0.717, 1.165) is 17.0 Å². The molecule has 23 heavy (non-hydrogen) atoms. The number of hydrogen-bond donors (Lipinski definition) is 2. The molecule has 2 aromatic rings. The van der Waals surface area contributed by atoms with Crippen LogP contribution in [0.15, 0.2) is 58.3 Å². The zero-order chi connectivity index (χ0) is 16.2. The Kier molecular flexibility index (Phi) is 4.93. The summed E-state index contributed by atoms with van der Waals surface area (Å²) in [7, 11) is 0. The second-order valence-corrected chi connectivity index (χ2v) is 7.42. The monoisotopic (exact) mass is 344 g/mol. The average Bonchev–Trinajstić information content (AvgIpc) is 2.98. The minimum Gasteiger partial charge on any atom is -0.369 e. The number of carbonyl (C=O) groups excluding carboxylic acids is 2. The Morgan fingerprint density at radius 3 is 2.70 bits per heavy atom. The van der Waals surface area contributed by atoms with Gasteiger partial charge in [-0.3, -0.25) is 9.59 Å². The Labute approximate surface area is 143 Å². The van der Waals surface area contributed by atoms with E-state index in [0.29, 0.717) is 0 Å². The van der Waals surface area contributed by atoms with Crippen LogP contribution in [0.3, 0.4) is 0 Å². The molecule has 1 unspecified atom stereocenters. The second-order valence-electron chi connectivity index (χ2n) is 5.16. The molecular weight excluding hydrogens is 328 g/mol. The number of fused-ring (bicyclic) bond motifs is 1. The van der Waals surface area contributed by atoms with Gasteiger partial charge in [0, 0.05) is 9.79 Å². The van der Waals surface area contributed by atoms with Crippen LogP contribution in [0.25, 0.3) is 0 Å². The van der Waals surface area contributed by atoms with E-state index in [1.54, 1.807) is 11.8 Å². The quantitative estimate of drug-likeness (QED) is 0.818. The fraction of sp³-hybridized carbons (Fsp3) is 0.176. The Hall–Kier alpha value is -1.92. The molecule has 1 aliphatic rings. The largest absolute Gasteiger partial charge is 0.369 e. The topological polar surface area (TPSA) is 72.2 Å². The molecule has 0 fully saturated rings. The lowest BCUT2D eigenvalue weighted by atomic mass is 10.1. The van der Waals surface area contributed by atoms with Crippen LogP contribution in [0.5, 0.6) is 0 Å². The van der Waals surface area contributed by atoms with Gasteiger partial charge in [0.1, 0.15) is 0 Å². The minimum atomic E-state index is -0.377. The summed E-state index contributed by atoms with van der Waals surface area (Å²) < 4.78 is 0. The highest BCUT2D eigenvalue weighted by Gasteiger charge is 2.28. The average molecular weight is 344 g/mol. The van der Waals surface area contributed by atoms with Crippen LogP contribution in [-0.2, 0) is 16.0 Å². The molecule has 4 nitrogen and oxygen atoms in total. The summed E-state index contributed by atoms with van der Waals surface area (Å²) in [6.07, 6.45) is 0.739. The first-order valence-corrected chi connectivity index (χ1v) is 9.05. The summed E-state index contributed by atoms with van der Waals surface area (Å²) in [5, 5.41) is 2.85. The lowest BCUT2D eigenvalue weighted by molar-refractivity contribution is -0.116. The number of carbonyl (C=O) groups is 2. The van der Waals surface area contributed by atoms with Gasteiger partial charge in [-0.2, -0.15) is 0 Å². The van der Waals surface area contributed by atoms with Crippen molar-refractivity contribution in [3.63, 3.8) is 0 Å². The molecule has 0 radical (unpaired) electrons. The van der Waals surface area contributed by atoms with E-state index >= 15 is 0 Å². The Bertz CT molecular complexity index is 724. The first-order chi connectivity index (χ1) is 11.1. The van der Waals surface area contributed by atoms with Crippen LogP contribution in [0, 0.1) is 0 Å². The summed E-state index contributed by atoms with van der Waals surface area (Å²) in [6.45, 7) is 0. The molecule has 1 atom stereocenters. The van der Waals surface area contributed by atoms with Crippen molar-refractivity contribution in [3.05, 3.63) is 54.1 Å². The van der Waals surface area contributed by atoms with Crippen LogP contribution in [-0.4, -0.2) is 22.8 Å². The molecule has 0 saturated carbocycles. The Morgan fingerprint density at radius 1 is 1.17 bits per heavy atom. The fourth-order valence-corrected chi connectivity index (χ4v) is 4.33. The molecule has 118 valence electrons. The number of para-hydroxylation sites is 1. The molecule has 0 spiro atoms. The molecule has 3 rings (SSSR count).